The molecule has 0 bridgehead atoms. The van der Waals surface area contributed by atoms with Crippen molar-refractivity contribution in [3.8, 4) is 27.9 Å². The van der Waals surface area contributed by atoms with Gasteiger partial charge in [-0.15, -0.1) is 4.68 Å². The average molecular weight is 521 g/mol. The molecule has 186 valence electrons. The first-order valence-electron chi connectivity index (χ1n) is 11.7. The molecular formula is C25H21ClF2N9+. The Labute approximate surface area is 214 Å². The molecule has 12 heteroatoms. The first kappa shape index (κ1) is 23.2. The van der Waals surface area contributed by atoms with Crippen LogP contribution in [0.1, 0.15) is 31.0 Å². The molecule has 1 atom stereocenters. The highest BCUT2D eigenvalue weighted by molar-refractivity contribution is 6.31. The van der Waals surface area contributed by atoms with E-state index in [9.17, 15) is 4.39 Å². The number of rotatable bonds is 7. The lowest BCUT2D eigenvalue weighted by atomic mass is 10.0. The fourth-order valence-corrected chi connectivity index (χ4v) is 4.56. The Bertz CT molecular complexity index is 1560. The number of nitrogens with zero attached hydrogens (tertiary/aromatic N) is 7. The smallest absolute Gasteiger partial charge is 0.293 e. The molecule has 6 rings (SSSR count). The van der Waals surface area contributed by atoms with E-state index in [0.29, 0.717) is 28.3 Å². The number of aromatic amines is 1. The summed E-state index contributed by atoms with van der Waals surface area (Å²) in [6.45, 7) is 0. The molecule has 1 saturated carbocycles. The minimum atomic E-state index is -0.648. The van der Waals surface area contributed by atoms with Crippen molar-refractivity contribution in [2.45, 2.75) is 25.3 Å². The molecule has 1 aliphatic carbocycles. The minimum absolute atomic E-state index is 0.00373. The highest BCUT2D eigenvalue weighted by atomic mass is 35.5. The van der Waals surface area contributed by atoms with Crippen LogP contribution in [0.2, 0.25) is 5.02 Å². The maximum absolute atomic E-state index is 15.2. The Morgan fingerprint density at radius 3 is 2.68 bits per heavy atom. The van der Waals surface area contributed by atoms with Crippen molar-refractivity contribution in [1.82, 2.24) is 35.3 Å². The highest BCUT2D eigenvalue weighted by Gasteiger charge is 2.29. The molecule has 1 unspecified atom stereocenters. The van der Waals surface area contributed by atoms with Gasteiger partial charge < -0.3 is 5.73 Å². The van der Waals surface area contributed by atoms with E-state index in [4.69, 9.17) is 22.3 Å². The molecule has 1 fully saturated rings. The van der Waals surface area contributed by atoms with Gasteiger partial charge in [0.05, 0.1) is 28.5 Å². The van der Waals surface area contributed by atoms with Crippen molar-refractivity contribution >= 4 is 17.4 Å². The number of hydrogen-bond donors (Lipinski definition) is 2. The van der Waals surface area contributed by atoms with Crippen LogP contribution in [0.4, 0.5) is 14.6 Å². The van der Waals surface area contributed by atoms with E-state index in [1.807, 2.05) is 6.07 Å². The van der Waals surface area contributed by atoms with E-state index < -0.39 is 11.8 Å². The molecule has 37 heavy (non-hydrogen) atoms. The third-order valence-electron chi connectivity index (χ3n) is 6.48. The standard InChI is InChI=1S/C25H20ClF2N9/c26-18-5-7-20(37-13-31-34-35-37)23(24(18)27)15-3-6-19(30-10-15)21(9-14-1-2-14)36-12-16(11-32-36)17-4-8-22(29)33-25(17)28/h3-8,10-14,21H,1-2,9H2,(H2,29,33)/p+1. The summed E-state index contributed by atoms with van der Waals surface area (Å²) < 4.78 is 32.9. The lowest BCUT2D eigenvalue weighted by Gasteiger charge is -2.18. The van der Waals surface area contributed by atoms with Gasteiger partial charge in [-0.25, -0.2) is 9.37 Å². The summed E-state index contributed by atoms with van der Waals surface area (Å²) in [4.78, 5) is 8.40. The number of H-pyrrole nitrogens is 1. The molecule has 0 spiro atoms. The van der Waals surface area contributed by atoms with Crippen LogP contribution in [0.15, 0.2) is 61.3 Å². The highest BCUT2D eigenvalue weighted by Crippen LogP contribution is 2.40. The lowest BCUT2D eigenvalue weighted by molar-refractivity contribution is -0.659. The third-order valence-corrected chi connectivity index (χ3v) is 6.77. The van der Waals surface area contributed by atoms with Crippen LogP contribution in [0.3, 0.4) is 0 Å². The molecule has 0 aliphatic heterocycles. The number of pyridine rings is 2. The summed E-state index contributed by atoms with van der Waals surface area (Å²) in [5.41, 5.74) is 8.58. The maximum atomic E-state index is 15.2. The predicted molar refractivity (Wildman–Crippen MR) is 131 cm³/mol. The van der Waals surface area contributed by atoms with Crippen molar-refractivity contribution < 1.29 is 13.5 Å². The van der Waals surface area contributed by atoms with Crippen LogP contribution in [-0.2, 0) is 0 Å². The Morgan fingerprint density at radius 1 is 1.11 bits per heavy atom. The number of nitrogens with one attached hydrogen (secondary N) is 1. The van der Waals surface area contributed by atoms with E-state index >= 15 is 4.39 Å². The van der Waals surface area contributed by atoms with Crippen molar-refractivity contribution in [3.63, 3.8) is 0 Å². The number of benzene rings is 1. The minimum Gasteiger partial charge on any atom is -0.384 e. The number of anilines is 1. The van der Waals surface area contributed by atoms with Crippen LogP contribution >= 0.6 is 11.6 Å². The van der Waals surface area contributed by atoms with Crippen LogP contribution in [0, 0.1) is 17.7 Å². The van der Waals surface area contributed by atoms with Crippen LogP contribution < -0.4 is 10.4 Å². The number of aromatic nitrogens is 8. The maximum Gasteiger partial charge on any atom is 0.293 e. The molecule has 9 nitrogen and oxygen atoms in total. The molecule has 0 saturated heterocycles. The average Bonchev–Trinajstić information content (AvgIpc) is 3.33. The Morgan fingerprint density at radius 2 is 1.97 bits per heavy atom. The van der Waals surface area contributed by atoms with Gasteiger partial charge in [0, 0.05) is 29.1 Å². The van der Waals surface area contributed by atoms with Gasteiger partial charge in [0.1, 0.15) is 16.6 Å². The Kier molecular flexibility index (Phi) is 5.84. The molecule has 1 aliphatic rings. The predicted octanol–water partition coefficient (Wildman–Crippen LogP) is 4.31. The molecule has 4 aromatic heterocycles. The van der Waals surface area contributed by atoms with Crippen LogP contribution in [0.5, 0.6) is 0 Å². The summed E-state index contributed by atoms with van der Waals surface area (Å²) >= 11 is 6.10. The monoisotopic (exact) mass is 520 g/mol. The number of hydrogen-bond acceptors (Lipinski definition) is 6. The van der Waals surface area contributed by atoms with Crippen molar-refractivity contribution in [3.05, 3.63) is 83.8 Å². The number of halogens is 3. The summed E-state index contributed by atoms with van der Waals surface area (Å²) in [5.74, 6) is -0.534. The van der Waals surface area contributed by atoms with E-state index in [-0.39, 0.29) is 22.4 Å². The van der Waals surface area contributed by atoms with Crippen molar-refractivity contribution in [2.24, 2.45) is 5.92 Å². The number of nitrogen functional groups attached to an aromatic ring is 1. The topological polar surface area (TPSA) is 115 Å². The second-order valence-corrected chi connectivity index (χ2v) is 9.41. The molecule has 0 radical (unpaired) electrons. The first-order chi connectivity index (χ1) is 18.0. The lowest BCUT2D eigenvalue weighted by Crippen LogP contribution is -2.33. The summed E-state index contributed by atoms with van der Waals surface area (Å²) in [5, 5.41) is 14.7. The van der Waals surface area contributed by atoms with Gasteiger partial charge in [0.15, 0.2) is 11.0 Å². The second-order valence-electron chi connectivity index (χ2n) is 9.01. The van der Waals surface area contributed by atoms with Gasteiger partial charge >= 0.3 is 0 Å². The first-order valence-corrected chi connectivity index (χ1v) is 12.0. The number of tetrazole rings is 1. The van der Waals surface area contributed by atoms with Gasteiger partial charge in [-0.2, -0.15) is 9.49 Å². The molecule has 1 aromatic carbocycles. The molecule has 5 aromatic rings. The Balaban J connectivity index is 1.36. The van der Waals surface area contributed by atoms with Crippen LogP contribution in [-0.4, -0.2) is 35.3 Å². The van der Waals surface area contributed by atoms with Crippen LogP contribution in [0.25, 0.3) is 27.9 Å². The third kappa shape index (κ3) is 4.53. The van der Waals surface area contributed by atoms with Gasteiger partial charge in [-0.05, 0) is 42.7 Å². The quantitative estimate of drug-likeness (QED) is 0.244. The van der Waals surface area contributed by atoms with Crippen molar-refractivity contribution in [1.29, 1.82) is 0 Å². The molecule has 4 heterocycles. The van der Waals surface area contributed by atoms with E-state index in [0.717, 1.165) is 25.0 Å². The molecule has 0 amide bonds. The zero-order valence-corrected chi connectivity index (χ0v) is 20.1. The summed E-state index contributed by atoms with van der Waals surface area (Å²) in [7, 11) is 0. The molecular weight excluding hydrogens is 500 g/mol. The van der Waals surface area contributed by atoms with Gasteiger partial charge in [0.2, 0.25) is 5.95 Å². The zero-order valence-electron chi connectivity index (χ0n) is 19.4. The fraction of sp³-hybridized carbons (Fsp3) is 0.200. The Hall–Kier alpha value is -4.25. The SMILES string of the molecule is Nc1ccc(-c2cnn(C(CC3CC3)c3ccc(-c4c(-[n+]5cnn[nH]5)ccc(Cl)c4F)cn3)c2)c(F)n1. The largest absolute Gasteiger partial charge is 0.384 e. The normalized spacial score (nSPS) is 14.1. The zero-order chi connectivity index (χ0) is 25.5. The fourth-order valence-electron chi connectivity index (χ4n) is 4.40. The van der Waals surface area contributed by atoms with E-state index in [1.54, 1.807) is 47.5 Å². The summed E-state index contributed by atoms with van der Waals surface area (Å²) in [6, 6.07) is 9.79. The van der Waals surface area contributed by atoms with Gasteiger partial charge in [-0.3, -0.25) is 9.67 Å². The molecule has 3 N–H and O–H groups in total. The summed E-state index contributed by atoms with van der Waals surface area (Å²) in [6.07, 6.45) is 9.57. The second kappa shape index (κ2) is 9.32. The number of nitrogens with two attached hydrogens (primary N) is 1. The van der Waals surface area contributed by atoms with E-state index in [2.05, 4.69) is 25.6 Å². The van der Waals surface area contributed by atoms with Gasteiger partial charge in [0.25, 0.3) is 6.33 Å². The van der Waals surface area contributed by atoms with E-state index in [1.165, 1.54) is 17.1 Å². The van der Waals surface area contributed by atoms with Gasteiger partial charge in [-0.1, -0.05) is 35.7 Å². The van der Waals surface area contributed by atoms with Crippen molar-refractivity contribution in [2.75, 3.05) is 5.73 Å².